The molecule has 1 fully saturated rings. The van der Waals surface area contributed by atoms with Gasteiger partial charge in [0.15, 0.2) is 9.84 Å². The second-order valence-electron chi connectivity index (χ2n) is 7.22. The van der Waals surface area contributed by atoms with Gasteiger partial charge < -0.3 is 4.74 Å². The van der Waals surface area contributed by atoms with Crippen LogP contribution in [0.2, 0.25) is 0 Å². The predicted molar refractivity (Wildman–Crippen MR) is 88.0 cm³/mol. The van der Waals surface area contributed by atoms with Gasteiger partial charge in [-0.2, -0.15) is 0 Å². The van der Waals surface area contributed by atoms with Crippen LogP contribution in [0.25, 0.3) is 0 Å². The first-order valence-corrected chi connectivity index (χ1v) is 9.71. The van der Waals surface area contributed by atoms with E-state index >= 15 is 0 Å². The molecule has 4 nitrogen and oxygen atoms in total. The molecule has 1 aromatic rings. The summed E-state index contributed by atoms with van der Waals surface area (Å²) in [6.45, 7) is 8.33. The number of hydrogen-bond donors (Lipinski definition) is 0. The number of fused-ring (bicyclic) bond motifs is 1. The second kappa shape index (κ2) is 5.53. The SMILES string of the molecule is C[C@@H]1CCN(Cc2ccc3c(c2)CC(C)(C)O3)CCS1(=O)=O. The Bertz CT molecular complexity index is 666. The first-order chi connectivity index (χ1) is 10.3. The van der Waals surface area contributed by atoms with Gasteiger partial charge in [-0.3, -0.25) is 4.90 Å². The predicted octanol–water partition coefficient (Wildman–Crippen LogP) is 2.41. The highest BCUT2D eigenvalue weighted by Crippen LogP contribution is 2.35. The molecular formula is C17H25NO3S. The Labute approximate surface area is 133 Å². The number of sulfone groups is 1. The maximum Gasteiger partial charge on any atom is 0.154 e. The fourth-order valence-corrected chi connectivity index (χ4v) is 4.67. The van der Waals surface area contributed by atoms with E-state index in [-0.39, 0.29) is 16.6 Å². The lowest BCUT2D eigenvalue weighted by molar-refractivity contribution is 0.138. The summed E-state index contributed by atoms with van der Waals surface area (Å²) in [5, 5.41) is -0.216. The van der Waals surface area contributed by atoms with E-state index in [1.165, 1.54) is 11.1 Å². The minimum absolute atomic E-state index is 0.118. The second-order valence-corrected chi connectivity index (χ2v) is 9.76. The highest BCUT2D eigenvalue weighted by molar-refractivity contribution is 7.92. The van der Waals surface area contributed by atoms with Crippen molar-refractivity contribution in [1.29, 1.82) is 0 Å². The largest absolute Gasteiger partial charge is 0.487 e. The molecular weight excluding hydrogens is 298 g/mol. The molecule has 0 amide bonds. The number of rotatable bonds is 2. The molecule has 1 atom stereocenters. The van der Waals surface area contributed by atoms with Crippen molar-refractivity contribution in [3.63, 3.8) is 0 Å². The van der Waals surface area contributed by atoms with Gasteiger partial charge in [-0.05, 0) is 50.9 Å². The van der Waals surface area contributed by atoms with Gasteiger partial charge in [0.1, 0.15) is 11.4 Å². The molecule has 1 saturated heterocycles. The van der Waals surface area contributed by atoms with Gasteiger partial charge in [0.05, 0.1) is 11.0 Å². The van der Waals surface area contributed by atoms with E-state index in [0.29, 0.717) is 6.54 Å². The molecule has 2 heterocycles. The summed E-state index contributed by atoms with van der Waals surface area (Å²) in [5.41, 5.74) is 2.39. The van der Waals surface area contributed by atoms with Crippen molar-refractivity contribution >= 4 is 9.84 Å². The van der Waals surface area contributed by atoms with Gasteiger partial charge in [0, 0.05) is 19.5 Å². The molecule has 2 aliphatic heterocycles. The van der Waals surface area contributed by atoms with Crippen LogP contribution in [-0.4, -0.2) is 43.0 Å². The Morgan fingerprint density at radius 2 is 2.09 bits per heavy atom. The van der Waals surface area contributed by atoms with Crippen molar-refractivity contribution in [3.8, 4) is 5.75 Å². The molecule has 5 heteroatoms. The first-order valence-electron chi connectivity index (χ1n) is 8.00. The monoisotopic (exact) mass is 323 g/mol. The summed E-state index contributed by atoms with van der Waals surface area (Å²) < 4.78 is 29.9. The Hall–Kier alpha value is -1.07. The molecule has 22 heavy (non-hydrogen) atoms. The summed E-state index contributed by atoms with van der Waals surface area (Å²) in [6.07, 6.45) is 1.66. The first kappa shape index (κ1) is 15.8. The molecule has 0 bridgehead atoms. The van der Waals surface area contributed by atoms with Crippen LogP contribution in [0.4, 0.5) is 0 Å². The smallest absolute Gasteiger partial charge is 0.154 e. The van der Waals surface area contributed by atoms with Crippen LogP contribution in [-0.2, 0) is 22.8 Å². The van der Waals surface area contributed by atoms with E-state index in [0.717, 1.165) is 31.7 Å². The van der Waals surface area contributed by atoms with Gasteiger partial charge in [-0.1, -0.05) is 12.1 Å². The fraction of sp³-hybridized carbons (Fsp3) is 0.647. The van der Waals surface area contributed by atoms with Crippen LogP contribution in [0.3, 0.4) is 0 Å². The highest BCUT2D eigenvalue weighted by atomic mass is 32.2. The zero-order valence-electron chi connectivity index (χ0n) is 13.6. The minimum atomic E-state index is -2.91. The van der Waals surface area contributed by atoms with Gasteiger partial charge in [-0.15, -0.1) is 0 Å². The molecule has 0 N–H and O–H groups in total. The van der Waals surface area contributed by atoms with E-state index in [1.54, 1.807) is 0 Å². The van der Waals surface area contributed by atoms with Crippen LogP contribution >= 0.6 is 0 Å². The Balaban J connectivity index is 1.70. The van der Waals surface area contributed by atoms with Gasteiger partial charge in [0.2, 0.25) is 0 Å². The molecule has 0 aliphatic carbocycles. The van der Waals surface area contributed by atoms with Crippen molar-refractivity contribution in [1.82, 2.24) is 4.90 Å². The number of benzene rings is 1. The third-order valence-electron chi connectivity index (χ3n) is 4.69. The van der Waals surface area contributed by atoms with Crippen molar-refractivity contribution in [2.75, 3.05) is 18.8 Å². The lowest BCUT2D eigenvalue weighted by Gasteiger charge is -2.19. The van der Waals surface area contributed by atoms with Crippen molar-refractivity contribution in [3.05, 3.63) is 29.3 Å². The number of nitrogens with zero attached hydrogens (tertiary/aromatic N) is 1. The average molecular weight is 323 g/mol. The van der Waals surface area contributed by atoms with Gasteiger partial charge >= 0.3 is 0 Å². The van der Waals surface area contributed by atoms with Gasteiger partial charge in [-0.25, -0.2) is 8.42 Å². The third kappa shape index (κ3) is 3.30. The van der Waals surface area contributed by atoms with Crippen LogP contribution in [0, 0.1) is 0 Å². The van der Waals surface area contributed by atoms with E-state index in [1.807, 2.05) is 6.92 Å². The average Bonchev–Trinajstić information content (AvgIpc) is 2.67. The topological polar surface area (TPSA) is 46.6 Å². The quantitative estimate of drug-likeness (QED) is 0.838. The van der Waals surface area contributed by atoms with Crippen LogP contribution in [0.15, 0.2) is 18.2 Å². The lowest BCUT2D eigenvalue weighted by atomic mass is 10.00. The normalized spacial score (nSPS) is 27.0. The molecule has 0 aromatic heterocycles. The maximum atomic E-state index is 12.0. The summed E-state index contributed by atoms with van der Waals surface area (Å²) in [7, 11) is -2.91. The molecule has 0 unspecified atom stereocenters. The Morgan fingerprint density at radius 3 is 2.86 bits per heavy atom. The van der Waals surface area contributed by atoms with Crippen molar-refractivity contribution in [2.24, 2.45) is 0 Å². The summed E-state index contributed by atoms with van der Waals surface area (Å²) in [5.74, 6) is 1.26. The summed E-state index contributed by atoms with van der Waals surface area (Å²) in [4.78, 5) is 2.25. The van der Waals surface area contributed by atoms with Crippen molar-refractivity contribution < 1.29 is 13.2 Å². The molecule has 3 rings (SSSR count). The standard InChI is InChI=1S/C17H25NO3S/c1-13-6-7-18(8-9-22(13,19)20)12-14-4-5-16-15(10-14)11-17(2,3)21-16/h4-5,10,13H,6-9,11-12H2,1-3H3/t13-/m1/s1. The van der Waals surface area contributed by atoms with E-state index in [4.69, 9.17) is 4.74 Å². The molecule has 0 spiro atoms. The number of ether oxygens (including phenoxy) is 1. The van der Waals surface area contributed by atoms with Crippen molar-refractivity contribution in [2.45, 2.75) is 51.0 Å². The maximum absolute atomic E-state index is 12.0. The fourth-order valence-electron chi connectivity index (χ4n) is 3.29. The molecule has 2 aliphatic rings. The van der Waals surface area contributed by atoms with Crippen LogP contribution in [0.1, 0.15) is 38.3 Å². The Morgan fingerprint density at radius 1 is 1.32 bits per heavy atom. The number of hydrogen-bond acceptors (Lipinski definition) is 4. The summed E-state index contributed by atoms with van der Waals surface area (Å²) >= 11 is 0. The zero-order chi connectivity index (χ0) is 16.0. The minimum Gasteiger partial charge on any atom is -0.487 e. The van der Waals surface area contributed by atoms with E-state index in [2.05, 4.69) is 36.9 Å². The van der Waals surface area contributed by atoms with Crippen LogP contribution < -0.4 is 4.74 Å². The van der Waals surface area contributed by atoms with E-state index < -0.39 is 9.84 Å². The molecule has 0 radical (unpaired) electrons. The third-order valence-corrected chi connectivity index (χ3v) is 6.90. The van der Waals surface area contributed by atoms with Gasteiger partial charge in [0.25, 0.3) is 0 Å². The Kier molecular flexibility index (Phi) is 3.98. The van der Waals surface area contributed by atoms with Crippen LogP contribution in [0.5, 0.6) is 5.75 Å². The molecule has 0 saturated carbocycles. The molecule has 1 aromatic carbocycles. The highest BCUT2D eigenvalue weighted by Gasteiger charge is 2.30. The van der Waals surface area contributed by atoms with E-state index in [9.17, 15) is 8.42 Å². The zero-order valence-corrected chi connectivity index (χ0v) is 14.4. The lowest BCUT2D eigenvalue weighted by Crippen LogP contribution is -2.26. The molecule has 122 valence electrons. The summed E-state index contributed by atoms with van der Waals surface area (Å²) in [6, 6.07) is 6.37.